The molecule has 0 aliphatic heterocycles. The van der Waals surface area contributed by atoms with Gasteiger partial charge < -0.3 is 4.74 Å². The van der Waals surface area contributed by atoms with Gasteiger partial charge in [-0.3, -0.25) is 0 Å². The summed E-state index contributed by atoms with van der Waals surface area (Å²) < 4.78 is 5.55. The molecule has 2 heteroatoms. The van der Waals surface area contributed by atoms with Crippen LogP contribution in [0.15, 0.2) is 54.1 Å². The lowest BCUT2D eigenvalue weighted by atomic mass is 10.1. The normalized spacial score (nSPS) is 10.2. The van der Waals surface area contributed by atoms with Gasteiger partial charge in [-0.1, -0.05) is 54.6 Å². The molecule has 0 aliphatic carbocycles. The van der Waals surface area contributed by atoms with Crippen molar-refractivity contribution in [3.63, 3.8) is 0 Å². The Morgan fingerprint density at radius 2 is 1.87 bits per heavy atom. The van der Waals surface area contributed by atoms with Crippen LogP contribution < -0.4 is 4.74 Å². The molecule has 0 aliphatic rings. The summed E-state index contributed by atoms with van der Waals surface area (Å²) in [6.07, 6.45) is 0. The number of benzene rings is 2. The molecule has 76 valence electrons. The minimum Gasteiger partial charge on any atom is -0.487 e. The number of rotatable bonds is 3. The van der Waals surface area contributed by atoms with Crippen LogP contribution in [0.5, 0.6) is 5.75 Å². The smallest absolute Gasteiger partial charge is 0.127 e. The highest BCUT2D eigenvalue weighted by molar-refractivity contribution is 6.29. The zero-order valence-electron chi connectivity index (χ0n) is 8.24. The van der Waals surface area contributed by atoms with Gasteiger partial charge in [0.2, 0.25) is 0 Å². The molecule has 2 aromatic carbocycles. The van der Waals surface area contributed by atoms with Crippen LogP contribution in [0.4, 0.5) is 0 Å². The summed E-state index contributed by atoms with van der Waals surface area (Å²) in [5.74, 6) is 0.843. The SMILES string of the molecule is C=C(Cl)COc1cccc2ccccc12. The Hall–Kier alpha value is -1.47. The van der Waals surface area contributed by atoms with Crippen molar-refractivity contribution >= 4 is 22.4 Å². The third-order valence-electron chi connectivity index (χ3n) is 2.13. The minimum atomic E-state index is 0.343. The summed E-state index contributed by atoms with van der Waals surface area (Å²) in [6.45, 7) is 3.93. The summed E-state index contributed by atoms with van der Waals surface area (Å²) in [5.41, 5.74) is 0. The van der Waals surface area contributed by atoms with Crippen molar-refractivity contribution < 1.29 is 4.74 Å². The Labute approximate surface area is 93.9 Å². The van der Waals surface area contributed by atoms with Crippen LogP contribution in [0.1, 0.15) is 0 Å². The summed E-state index contributed by atoms with van der Waals surface area (Å²) in [4.78, 5) is 0. The van der Waals surface area contributed by atoms with Crippen molar-refractivity contribution in [2.75, 3.05) is 6.61 Å². The van der Waals surface area contributed by atoms with Crippen LogP contribution in [-0.4, -0.2) is 6.61 Å². The Bertz CT molecular complexity index is 485. The van der Waals surface area contributed by atoms with Gasteiger partial charge in [-0.15, -0.1) is 0 Å². The van der Waals surface area contributed by atoms with Crippen molar-refractivity contribution in [1.29, 1.82) is 0 Å². The second kappa shape index (κ2) is 4.37. The van der Waals surface area contributed by atoms with Gasteiger partial charge in [-0.05, 0) is 11.5 Å². The molecule has 0 aromatic heterocycles. The molecular weight excluding hydrogens is 208 g/mol. The van der Waals surface area contributed by atoms with Crippen molar-refractivity contribution in [3.8, 4) is 5.75 Å². The first-order chi connectivity index (χ1) is 7.27. The van der Waals surface area contributed by atoms with Crippen LogP contribution in [-0.2, 0) is 0 Å². The monoisotopic (exact) mass is 218 g/mol. The van der Waals surface area contributed by atoms with Crippen LogP contribution in [0.2, 0.25) is 0 Å². The van der Waals surface area contributed by atoms with Crippen LogP contribution >= 0.6 is 11.6 Å². The van der Waals surface area contributed by atoms with Crippen molar-refractivity contribution in [2.24, 2.45) is 0 Å². The van der Waals surface area contributed by atoms with Crippen molar-refractivity contribution in [3.05, 3.63) is 54.1 Å². The van der Waals surface area contributed by atoms with Gasteiger partial charge in [0.25, 0.3) is 0 Å². The zero-order chi connectivity index (χ0) is 10.7. The predicted octanol–water partition coefficient (Wildman–Crippen LogP) is 3.97. The van der Waals surface area contributed by atoms with Gasteiger partial charge in [-0.2, -0.15) is 0 Å². The number of fused-ring (bicyclic) bond motifs is 1. The maximum atomic E-state index is 5.66. The molecule has 0 spiro atoms. The van der Waals surface area contributed by atoms with E-state index in [1.807, 2.05) is 30.3 Å². The van der Waals surface area contributed by atoms with E-state index in [1.54, 1.807) is 0 Å². The maximum absolute atomic E-state index is 5.66. The average Bonchev–Trinajstić information content (AvgIpc) is 2.26. The predicted molar refractivity (Wildman–Crippen MR) is 64.4 cm³/mol. The van der Waals surface area contributed by atoms with Gasteiger partial charge in [0.15, 0.2) is 0 Å². The molecule has 0 bridgehead atoms. The van der Waals surface area contributed by atoms with E-state index >= 15 is 0 Å². The molecule has 1 nitrogen and oxygen atoms in total. The van der Waals surface area contributed by atoms with E-state index < -0.39 is 0 Å². The lowest BCUT2D eigenvalue weighted by Gasteiger charge is -2.07. The van der Waals surface area contributed by atoms with E-state index in [0.717, 1.165) is 16.5 Å². The van der Waals surface area contributed by atoms with E-state index in [-0.39, 0.29) is 0 Å². The molecule has 0 heterocycles. The van der Waals surface area contributed by atoms with E-state index in [0.29, 0.717) is 11.6 Å². The highest BCUT2D eigenvalue weighted by atomic mass is 35.5. The molecule has 0 radical (unpaired) electrons. The second-order valence-corrected chi connectivity index (χ2v) is 3.82. The quantitative estimate of drug-likeness (QED) is 0.758. The molecule has 0 saturated carbocycles. The fraction of sp³-hybridized carbons (Fsp3) is 0.0769. The minimum absolute atomic E-state index is 0.343. The van der Waals surface area contributed by atoms with Gasteiger partial charge >= 0.3 is 0 Å². The second-order valence-electron chi connectivity index (χ2n) is 3.28. The molecule has 0 atom stereocenters. The van der Waals surface area contributed by atoms with Crippen LogP contribution in [0, 0.1) is 0 Å². The molecule has 0 saturated heterocycles. The lowest BCUT2D eigenvalue weighted by Crippen LogP contribution is -1.96. The Morgan fingerprint density at radius 1 is 1.13 bits per heavy atom. The largest absolute Gasteiger partial charge is 0.487 e. The Kier molecular flexibility index (Phi) is 2.93. The van der Waals surface area contributed by atoms with E-state index in [9.17, 15) is 0 Å². The molecule has 0 fully saturated rings. The number of hydrogen-bond donors (Lipinski definition) is 0. The van der Waals surface area contributed by atoms with Gasteiger partial charge in [0, 0.05) is 10.4 Å². The third kappa shape index (κ3) is 2.31. The van der Waals surface area contributed by atoms with Crippen LogP contribution in [0.3, 0.4) is 0 Å². The van der Waals surface area contributed by atoms with Gasteiger partial charge in [-0.25, -0.2) is 0 Å². The molecule has 2 aromatic rings. The summed E-state index contributed by atoms with van der Waals surface area (Å²) in [7, 11) is 0. The fourth-order valence-corrected chi connectivity index (χ4v) is 1.53. The molecule has 15 heavy (non-hydrogen) atoms. The molecule has 2 rings (SSSR count). The lowest BCUT2D eigenvalue weighted by molar-refractivity contribution is 0.364. The zero-order valence-corrected chi connectivity index (χ0v) is 9.00. The van der Waals surface area contributed by atoms with Gasteiger partial charge in [0.05, 0.1) is 0 Å². The van der Waals surface area contributed by atoms with Gasteiger partial charge in [0.1, 0.15) is 12.4 Å². The van der Waals surface area contributed by atoms with Crippen LogP contribution in [0.25, 0.3) is 10.8 Å². The molecule has 0 unspecified atom stereocenters. The first kappa shape index (κ1) is 10.1. The highest BCUT2D eigenvalue weighted by Crippen LogP contribution is 2.25. The standard InChI is InChI=1S/C13H11ClO/c1-10(14)9-15-13-8-4-6-11-5-2-3-7-12(11)13/h2-8H,1,9H2. The molecular formula is C13H11ClO. The topological polar surface area (TPSA) is 9.23 Å². The van der Waals surface area contributed by atoms with E-state index in [4.69, 9.17) is 16.3 Å². The van der Waals surface area contributed by atoms with E-state index in [2.05, 4.69) is 18.7 Å². The third-order valence-corrected chi connectivity index (χ3v) is 2.24. The Morgan fingerprint density at radius 3 is 2.67 bits per heavy atom. The molecule has 0 N–H and O–H groups in total. The molecule has 0 amide bonds. The van der Waals surface area contributed by atoms with E-state index in [1.165, 1.54) is 0 Å². The summed E-state index contributed by atoms with van der Waals surface area (Å²) >= 11 is 5.66. The fourth-order valence-electron chi connectivity index (χ4n) is 1.48. The Balaban J connectivity index is 2.38. The average molecular weight is 219 g/mol. The number of halogens is 1. The first-order valence-corrected chi connectivity index (χ1v) is 5.09. The summed E-state index contributed by atoms with van der Waals surface area (Å²) in [6, 6.07) is 14.0. The van der Waals surface area contributed by atoms with Crippen molar-refractivity contribution in [2.45, 2.75) is 0 Å². The summed E-state index contributed by atoms with van der Waals surface area (Å²) in [5, 5.41) is 2.76. The number of ether oxygens (including phenoxy) is 1. The number of hydrogen-bond acceptors (Lipinski definition) is 1. The maximum Gasteiger partial charge on any atom is 0.127 e. The highest BCUT2D eigenvalue weighted by Gasteiger charge is 2.00. The first-order valence-electron chi connectivity index (χ1n) is 4.71. The van der Waals surface area contributed by atoms with Crippen molar-refractivity contribution in [1.82, 2.24) is 0 Å².